The van der Waals surface area contributed by atoms with Gasteiger partial charge in [-0.05, 0) is 25.2 Å². The molecular weight excluding hydrogens is 796 g/mol. The van der Waals surface area contributed by atoms with E-state index in [0.717, 1.165) is 10.6 Å². The molecule has 0 bridgehead atoms. The number of phosphoric ester groups is 1. The largest absolute Gasteiger partial charge is 0.543 e. The first kappa shape index (κ1) is 41.2. The summed E-state index contributed by atoms with van der Waals surface area (Å²) >= 11 is 1.85. The summed E-state index contributed by atoms with van der Waals surface area (Å²) in [6.45, 7) is 6.17. The lowest BCUT2D eigenvalue weighted by Crippen LogP contribution is -2.38. The molecule has 4 heterocycles. The number of anilines is 2. The quantitative estimate of drug-likeness (QED) is 0.0586. The first-order valence-electron chi connectivity index (χ1n) is 14.4. The van der Waals surface area contributed by atoms with E-state index in [1.165, 1.54) is 29.0 Å². The predicted octanol–water partition coefficient (Wildman–Crippen LogP) is 1.54. The summed E-state index contributed by atoms with van der Waals surface area (Å²) < 4.78 is 68.5. The minimum absolute atomic E-state index is 0.0171. The maximum atomic E-state index is 13.9. The third-order valence-electron chi connectivity index (χ3n) is 7.22. The Bertz CT molecular complexity index is 2090. The summed E-state index contributed by atoms with van der Waals surface area (Å²) in [5.74, 6) is 1.19. The van der Waals surface area contributed by atoms with E-state index < -0.39 is 54.5 Å². The van der Waals surface area contributed by atoms with Gasteiger partial charge in [-0.1, -0.05) is 11.3 Å². The third-order valence-corrected chi connectivity index (χ3v) is 15.9. The second-order valence-electron chi connectivity index (χ2n) is 11.0. The SMILES string of the molecule is Cc1ncc(C[n+]2csc(CCOP(=O)(Oc3sc(CC(P(=O)(O)O)P(=O)(O)O)c(C)[n+]3Cc3cnc(C)nc3N)OP(=O)(O)O)c2C)c(N)n1. The van der Waals surface area contributed by atoms with Crippen molar-refractivity contribution in [2.75, 3.05) is 18.1 Å². The van der Waals surface area contributed by atoms with Gasteiger partial charge in [-0.3, -0.25) is 13.7 Å². The fourth-order valence-corrected chi connectivity index (χ4v) is 11.7. The first-order chi connectivity index (χ1) is 23.5. The zero-order valence-electron chi connectivity index (χ0n) is 27.3. The van der Waals surface area contributed by atoms with Crippen molar-refractivity contribution in [3.8, 4) is 5.19 Å². The van der Waals surface area contributed by atoms with E-state index >= 15 is 0 Å². The Morgan fingerprint density at radius 2 is 1.37 bits per heavy atom. The Kier molecular flexibility index (Phi) is 12.8. The average molecular weight is 833 g/mol. The molecule has 0 amide bonds. The molecule has 0 saturated carbocycles. The minimum Gasteiger partial charge on any atom is -0.383 e. The number of aryl methyl sites for hydroxylation is 2. The summed E-state index contributed by atoms with van der Waals surface area (Å²) in [6.07, 6.45) is 2.19. The Labute approximate surface area is 298 Å². The Morgan fingerprint density at radius 3 is 1.88 bits per heavy atom. The summed E-state index contributed by atoms with van der Waals surface area (Å²) in [5, 5.41) is -2.88. The van der Waals surface area contributed by atoms with Gasteiger partial charge in [0.15, 0.2) is 29.9 Å². The van der Waals surface area contributed by atoms with Crippen molar-refractivity contribution in [1.29, 1.82) is 0 Å². The van der Waals surface area contributed by atoms with Gasteiger partial charge in [-0.15, -0.1) is 4.57 Å². The van der Waals surface area contributed by atoms with Gasteiger partial charge in [0.2, 0.25) is 5.51 Å². The molecule has 51 heavy (non-hydrogen) atoms. The maximum Gasteiger partial charge on any atom is 0.543 e. The van der Waals surface area contributed by atoms with E-state index in [1.54, 1.807) is 32.5 Å². The van der Waals surface area contributed by atoms with Gasteiger partial charge < -0.3 is 45.4 Å². The third kappa shape index (κ3) is 11.0. The van der Waals surface area contributed by atoms with Crippen LogP contribution in [-0.4, -0.2) is 61.3 Å². The molecule has 0 aliphatic rings. The molecule has 280 valence electrons. The lowest BCUT2D eigenvalue weighted by atomic mass is 10.2. The van der Waals surface area contributed by atoms with Crippen molar-refractivity contribution >= 4 is 65.1 Å². The van der Waals surface area contributed by atoms with Crippen LogP contribution >= 0.6 is 53.5 Å². The zero-order chi connectivity index (χ0) is 38.1. The van der Waals surface area contributed by atoms with Crippen molar-refractivity contribution in [2.24, 2.45) is 0 Å². The highest BCUT2D eigenvalue weighted by Gasteiger charge is 2.47. The van der Waals surface area contributed by atoms with Gasteiger partial charge >= 0.3 is 36.0 Å². The van der Waals surface area contributed by atoms with Crippen molar-refractivity contribution in [2.45, 2.75) is 59.0 Å². The average Bonchev–Trinajstić information content (AvgIpc) is 3.45. The number of phosphoric acid groups is 2. The van der Waals surface area contributed by atoms with Crippen LogP contribution in [-0.2, 0) is 53.0 Å². The topological polar surface area (TPSA) is 329 Å². The molecule has 0 radical (unpaired) electrons. The number of aromatic nitrogens is 6. The molecule has 4 aromatic rings. The number of nitrogen functional groups attached to an aromatic ring is 2. The standard InChI is InChI=1S/C24H34N8O13P4S2/c1-13-19(50-12-31(13)10-17-8-27-15(3)29-22(17)25)5-6-43-49(42,45-48(39,40)41)44-24-32(11-18-9-28-16(4)30-23(18)26)14(2)20(51-24)7-21(46(33,34)35)47(36,37)38/h8-9,12,21H,5-7,10-11H2,1-4H3,(H8-2,25,26,27,28,29,30,33,34,35,36,37,38,39,40,41)/p+2. The molecule has 0 fully saturated rings. The number of hydrogen-bond acceptors (Lipinski definition) is 15. The smallest absolute Gasteiger partial charge is 0.383 e. The first-order valence-corrected chi connectivity index (χ1v) is 22.5. The molecule has 4 aromatic heterocycles. The van der Waals surface area contributed by atoms with E-state index in [2.05, 4.69) is 24.2 Å². The number of nitrogens with zero attached hydrogens (tertiary/aromatic N) is 6. The summed E-state index contributed by atoms with van der Waals surface area (Å²) in [7, 11) is -21.5. The van der Waals surface area contributed by atoms with Gasteiger partial charge in [0.25, 0.3) is 0 Å². The van der Waals surface area contributed by atoms with E-state index in [0.29, 0.717) is 40.9 Å². The fraction of sp³-hybridized carbons (Fsp3) is 0.417. The molecule has 1 unspecified atom stereocenters. The van der Waals surface area contributed by atoms with Crippen LogP contribution < -0.4 is 25.1 Å². The number of nitrogens with two attached hydrogens (primary N) is 2. The molecule has 0 spiro atoms. The molecule has 27 heteroatoms. The highest BCUT2D eigenvalue weighted by Crippen LogP contribution is 2.63. The van der Waals surface area contributed by atoms with Crippen LogP contribution in [0, 0.1) is 27.7 Å². The molecule has 0 aromatic carbocycles. The lowest BCUT2D eigenvalue weighted by Gasteiger charge is -2.18. The van der Waals surface area contributed by atoms with Crippen LogP contribution in [0.3, 0.4) is 0 Å². The summed E-state index contributed by atoms with van der Waals surface area (Å²) in [6, 6.07) is 0. The summed E-state index contributed by atoms with van der Waals surface area (Å²) in [5.41, 5.74) is 15.7. The Balaban J connectivity index is 1.65. The van der Waals surface area contributed by atoms with E-state index in [-0.39, 0.29) is 34.9 Å². The summed E-state index contributed by atoms with van der Waals surface area (Å²) in [4.78, 5) is 75.3. The van der Waals surface area contributed by atoms with Crippen LogP contribution in [0.1, 0.15) is 43.9 Å². The molecule has 0 aliphatic carbocycles. The molecule has 4 rings (SSSR count). The van der Waals surface area contributed by atoms with Crippen molar-refractivity contribution in [3.63, 3.8) is 0 Å². The fourth-order valence-electron chi connectivity index (χ4n) is 4.57. The van der Waals surface area contributed by atoms with Gasteiger partial charge in [0, 0.05) is 39.1 Å². The monoisotopic (exact) mass is 832 g/mol. The molecule has 21 nitrogen and oxygen atoms in total. The molecule has 10 N–H and O–H groups in total. The number of thiazole rings is 2. The van der Waals surface area contributed by atoms with Gasteiger partial charge in [0.1, 0.15) is 23.3 Å². The molecule has 0 aliphatic heterocycles. The van der Waals surface area contributed by atoms with Gasteiger partial charge in [0.05, 0.1) is 27.5 Å². The van der Waals surface area contributed by atoms with Crippen molar-refractivity contribution in [1.82, 2.24) is 19.9 Å². The number of rotatable bonds is 16. The van der Waals surface area contributed by atoms with E-state index in [9.17, 15) is 47.6 Å². The number of hydrogen-bond donors (Lipinski definition) is 8. The normalized spacial score (nSPS) is 13.9. The lowest BCUT2D eigenvalue weighted by molar-refractivity contribution is -0.692. The predicted molar refractivity (Wildman–Crippen MR) is 182 cm³/mol. The highest BCUT2D eigenvalue weighted by atomic mass is 32.1. The van der Waals surface area contributed by atoms with E-state index in [1.807, 2.05) is 4.57 Å². The minimum atomic E-state index is -5.54. The maximum absolute atomic E-state index is 13.9. The van der Waals surface area contributed by atoms with Gasteiger partial charge in [-0.25, -0.2) is 29.1 Å². The van der Waals surface area contributed by atoms with Crippen molar-refractivity contribution < 1.29 is 70.1 Å². The molecular formula is C24H36N8O13P4S2+2. The zero-order valence-corrected chi connectivity index (χ0v) is 32.5. The van der Waals surface area contributed by atoms with Crippen LogP contribution in [0.4, 0.5) is 11.6 Å². The van der Waals surface area contributed by atoms with Gasteiger partial charge in [-0.2, -0.15) is 8.88 Å². The highest BCUT2D eigenvalue weighted by molar-refractivity contribution is 7.70. The Morgan fingerprint density at radius 1 is 0.824 bits per heavy atom. The molecule has 0 saturated heterocycles. The van der Waals surface area contributed by atoms with Crippen LogP contribution in [0.2, 0.25) is 0 Å². The van der Waals surface area contributed by atoms with Crippen LogP contribution in [0.25, 0.3) is 0 Å². The van der Waals surface area contributed by atoms with Crippen molar-refractivity contribution in [3.05, 3.63) is 61.8 Å². The second-order valence-corrected chi connectivity index (χ2v) is 20.0. The Hall–Kier alpha value is -2.58. The van der Waals surface area contributed by atoms with Crippen LogP contribution in [0.15, 0.2) is 17.9 Å². The van der Waals surface area contributed by atoms with E-state index in [4.69, 9.17) is 20.5 Å². The van der Waals surface area contributed by atoms with Crippen LogP contribution in [0.5, 0.6) is 5.19 Å². The molecule has 1 atom stereocenters. The second kappa shape index (κ2) is 15.8.